The van der Waals surface area contributed by atoms with Gasteiger partial charge in [0.05, 0.1) is 0 Å². The third kappa shape index (κ3) is 6.48. The van der Waals surface area contributed by atoms with E-state index < -0.39 is 0 Å². The Morgan fingerprint density at radius 2 is 1.78 bits per heavy atom. The minimum atomic E-state index is 0.911. The lowest BCUT2D eigenvalue weighted by Gasteiger charge is -2.08. The van der Waals surface area contributed by atoms with Gasteiger partial charge in [0.25, 0.3) is 0 Å². The number of aromatic nitrogens is 1. The summed E-state index contributed by atoms with van der Waals surface area (Å²) >= 11 is 0. The van der Waals surface area contributed by atoms with E-state index in [-0.39, 0.29) is 0 Å². The number of rotatable bonds is 10. The van der Waals surface area contributed by atoms with Gasteiger partial charge in [0, 0.05) is 31.0 Å². The highest BCUT2D eigenvalue weighted by Crippen LogP contribution is 2.12. The third-order valence-electron chi connectivity index (χ3n) is 2.98. The first-order chi connectivity index (χ1) is 8.86. The summed E-state index contributed by atoms with van der Waals surface area (Å²) in [4.78, 5) is 4.26. The first-order valence-electron chi connectivity index (χ1n) is 7.30. The maximum absolute atomic E-state index is 4.26. The largest absolute Gasteiger partial charge is 0.385 e. The molecule has 0 amide bonds. The molecule has 0 aliphatic rings. The fourth-order valence-electron chi connectivity index (χ4n) is 1.96. The summed E-state index contributed by atoms with van der Waals surface area (Å²) in [6.07, 6.45) is 9.89. The minimum Gasteiger partial charge on any atom is -0.385 e. The van der Waals surface area contributed by atoms with Crippen molar-refractivity contribution in [2.24, 2.45) is 0 Å². The topological polar surface area (TPSA) is 37.0 Å². The Morgan fingerprint density at radius 1 is 1.00 bits per heavy atom. The molecular weight excluding hydrogens is 222 g/mol. The van der Waals surface area contributed by atoms with Crippen LogP contribution in [0.3, 0.4) is 0 Å². The normalized spacial score (nSPS) is 10.3. The van der Waals surface area contributed by atoms with Crippen molar-refractivity contribution in [1.29, 1.82) is 0 Å². The molecule has 3 heteroatoms. The highest BCUT2D eigenvalue weighted by Gasteiger charge is 1.95. The smallest absolute Gasteiger partial charge is 0.127 e. The lowest BCUT2D eigenvalue weighted by molar-refractivity contribution is 0.617. The maximum atomic E-state index is 4.26. The molecule has 0 bridgehead atoms. The molecule has 2 N–H and O–H groups in total. The van der Waals surface area contributed by atoms with Gasteiger partial charge in [0.15, 0.2) is 0 Å². The van der Waals surface area contributed by atoms with Gasteiger partial charge < -0.3 is 10.6 Å². The molecule has 0 fully saturated rings. The molecule has 0 aliphatic heterocycles. The Morgan fingerprint density at radius 3 is 2.56 bits per heavy atom. The highest BCUT2D eigenvalue weighted by atomic mass is 15.0. The molecule has 0 radical (unpaired) electrons. The van der Waals surface area contributed by atoms with Gasteiger partial charge in [-0.3, -0.25) is 0 Å². The molecule has 0 spiro atoms. The molecule has 102 valence electrons. The van der Waals surface area contributed by atoms with Crippen LogP contribution < -0.4 is 10.6 Å². The van der Waals surface area contributed by atoms with E-state index in [0.717, 1.165) is 24.6 Å². The first-order valence-corrected chi connectivity index (χ1v) is 7.30. The predicted molar refractivity (Wildman–Crippen MR) is 80.3 cm³/mol. The van der Waals surface area contributed by atoms with E-state index in [0.29, 0.717) is 0 Å². The monoisotopic (exact) mass is 249 g/mol. The summed E-state index contributed by atoms with van der Waals surface area (Å²) in [5, 5.41) is 6.68. The lowest BCUT2D eigenvalue weighted by atomic mass is 10.1. The third-order valence-corrected chi connectivity index (χ3v) is 2.98. The Bertz CT molecular complexity index is 312. The number of unbranched alkanes of at least 4 members (excludes halogenated alkanes) is 5. The number of pyridine rings is 1. The molecule has 1 rings (SSSR count). The van der Waals surface area contributed by atoms with Crippen LogP contribution in [0, 0.1) is 0 Å². The van der Waals surface area contributed by atoms with Crippen molar-refractivity contribution in [3.05, 3.63) is 18.3 Å². The molecule has 1 aromatic rings. The second kappa shape index (κ2) is 9.75. The second-order valence-electron chi connectivity index (χ2n) is 4.65. The molecule has 0 saturated carbocycles. The van der Waals surface area contributed by atoms with E-state index in [9.17, 15) is 0 Å². The van der Waals surface area contributed by atoms with E-state index >= 15 is 0 Å². The fourth-order valence-corrected chi connectivity index (χ4v) is 1.96. The van der Waals surface area contributed by atoms with Crippen molar-refractivity contribution in [2.45, 2.75) is 52.4 Å². The van der Waals surface area contributed by atoms with Crippen molar-refractivity contribution in [3.63, 3.8) is 0 Å². The van der Waals surface area contributed by atoms with Crippen molar-refractivity contribution in [2.75, 3.05) is 23.7 Å². The standard InChI is InChI=1S/C15H27N3/c1-3-5-6-7-8-9-11-17-14-10-12-18-15(13-14)16-4-2/h10,12-13H,3-9,11H2,1-2H3,(H2,16,17,18). The van der Waals surface area contributed by atoms with Gasteiger partial charge in [-0.25, -0.2) is 4.98 Å². The minimum absolute atomic E-state index is 0.911. The predicted octanol–water partition coefficient (Wildman–Crippen LogP) is 4.29. The molecular formula is C15H27N3. The summed E-state index contributed by atoms with van der Waals surface area (Å²) in [5.41, 5.74) is 1.16. The van der Waals surface area contributed by atoms with E-state index in [1.165, 1.54) is 38.5 Å². The van der Waals surface area contributed by atoms with Crippen LogP contribution in [0.4, 0.5) is 11.5 Å². The summed E-state index contributed by atoms with van der Waals surface area (Å²) in [7, 11) is 0. The molecule has 0 aromatic carbocycles. The van der Waals surface area contributed by atoms with Crippen LogP contribution in [0.25, 0.3) is 0 Å². The van der Waals surface area contributed by atoms with Gasteiger partial charge >= 0.3 is 0 Å². The summed E-state index contributed by atoms with van der Waals surface area (Å²) in [5.74, 6) is 0.949. The Hall–Kier alpha value is -1.25. The van der Waals surface area contributed by atoms with Gasteiger partial charge in [-0.05, 0) is 19.4 Å². The molecule has 3 nitrogen and oxygen atoms in total. The molecule has 0 aliphatic carbocycles. The van der Waals surface area contributed by atoms with Crippen LogP contribution in [-0.2, 0) is 0 Å². The molecule has 0 atom stereocenters. The number of anilines is 2. The quantitative estimate of drug-likeness (QED) is 0.607. The number of hydrogen-bond acceptors (Lipinski definition) is 3. The molecule has 1 aromatic heterocycles. The van der Waals surface area contributed by atoms with Crippen LogP contribution in [-0.4, -0.2) is 18.1 Å². The van der Waals surface area contributed by atoms with Crippen LogP contribution in [0.1, 0.15) is 52.4 Å². The summed E-state index contributed by atoms with van der Waals surface area (Å²) < 4.78 is 0. The molecule has 1 heterocycles. The highest BCUT2D eigenvalue weighted by molar-refractivity contribution is 5.51. The average Bonchev–Trinajstić information content (AvgIpc) is 2.39. The zero-order valence-electron chi connectivity index (χ0n) is 11.8. The van der Waals surface area contributed by atoms with Crippen molar-refractivity contribution in [1.82, 2.24) is 4.98 Å². The Balaban J connectivity index is 2.13. The van der Waals surface area contributed by atoms with Crippen LogP contribution in [0.15, 0.2) is 18.3 Å². The zero-order valence-corrected chi connectivity index (χ0v) is 11.8. The SMILES string of the molecule is CCCCCCCCNc1ccnc(NCC)c1. The maximum Gasteiger partial charge on any atom is 0.127 e. The fraction of sp³-hybridized carbons (Fsp3) is 0.667. The van der Waals surface area contributed by atoms with E-state index in [1.807, 2.05) is 12.3 Å². The number of nitrogens with zero attached hydrogens (tertiary/aromatic N) is 1. The molecule has 18 heavy (non-hydrogen) atoms. The van der Waals surface area contributed by atoms with Crippen molar-refractivity contribution in [3.8, 4) is 0 Å². The van der Waals surface area contributed by atoms with Gasteiger partial charge in [-0.2, -0.15) is 0 Å². The first kappa shape index (κ1) is 14.8. The Labute approximate surface area is 111 Å². The van der Waals surface area contributed by atoms with E-state index in [1.54, 1.807) is 0 Å². The van der Waals surface area contributed by atoms with Crippen LogP contribution in [0.5, 0.6) is 0 Å². The summed E-state index contributed by atoms with van der Waals surface area (Å²) in [6.45, 7) is 6.31. The van der Waals surface area contributed by atoms with E-state index in [4.69, 9.17) is 0 Å². The van der Waals surface area contributed by atoms with Crippen LogP contribution in [0.2, 0.25) is 0 Å². The van der Waals surface area contributed by atoms with Gasteiger partial charge in [0.2, 0.25) is 0 Å². The Kier molecular flexibility index (Phi) is 8.02. The van der Waals surface area contributed by atoms with Crippen molar-refractivity contribution < 1.29 is 0 Å². The van der Waals surface area contributed by atoms with Crippen molar-refractivity contribution >= 4 is 11.5 Å². The molecule has 0 saturated heterocycles. The number of hydrogen-bond donors (Lipinski definition) is 2. The van der Waals surface area contributed by atoms with Crippen LogP contribution >= 0.6 is 0 Å². The summed E-state index contributed by atoms with van der Waals surface area (Å²) in [6, 6.07) is 4.10. The second-order valence-corrected chi connectivity index (χ2v) is 4.65. The number of nitrogens with one attached hydrogen (secondary N) is 2. The average molecular weight is 249 g/mol. The van der Waals surface area contributed by atoms with Gasteiger partial charge in [-0.15, -0.1) is 0 Å². The van der Waals surface area contributed by atoms with E-state index in [2.05, 4.69) is 35.5 Å². The zero-order chi connectivity index (χ0) is 13.1. The van der Waals surface area contributed by atoms with Gasteiger partial charge in [0.1, 0.15) is 5.82 Å². The lowest BCUT2D eigenvalue weighted by Crippen LogP contribution is -2.04. The molecule has 0 unspecified atom stereocenters. The van der Waals surface area contributed by atoms with Gasteiger partial charge in [-0.1, -0.05) is 39.0 Å².